The number of aryl methyl sites for hydroxylation is 1. The Kier molecular flexibility index (Phi) is 10.4. The number of benzene rings is 4. The summed E-state index contributed by atoms with van der Waals surface area (Å²) < 4.78 is 91.4. The van der Waals surface area contributed by atoms with E-state index < -0.39 is 34.3 Å². The molecule has 4 aromatic carbocycles. The highest BCUT2D eigenvalue weighted by Crippen LogP contribution is 2.50. The van der Waals surface area contributed by atoms with Crippen LogP contribution in [0.25, 0.3) is 0 Å². The van der Waals surface area contributed by atoms with Crippen molar-refractivity contribution in [1.82, 2.24) is 0 Å². The minimum absolute atomic E-state index is 0.0429. The maximum atomic E-state index is 13.9. The van der Waals surface area contributed by atoms with Crippen molar-refractivity contribution in [2.24, 2.45) is 0 Å². The molecule has 284 valence electrons. The van der Waals surface area contributed by atoms with Gasteiger partial charge in [0.15, 0.2) is 12.3 Å². The van der Waals surface area contributed by atoms with Crippen molar-refractivity contribution >= 4 is 17.1 Å². The molecule has 0 aliphatic carbocycles. The van der Waals surface area contributed by atoms with Crippen molar-refractivity contribution in [3.05, 3.63) is 148 Å². The number of allylic oxidation sites excluding steroid dienone is 4. The number of hydrogen-bond donors (Lipinski definition) is 0. The first-order valence-electron chi connectivity index (χ1n) is 18.3. The van der Waals surface area contributed by atoms with Crippen LogP contribution in [0.3, 0.4) is 0 Å². The minimum atomic E-state index is -4.49. The highest BCUT2D eigenvalue weighted by atomic mass is 19.4. The summed E-state index contributed by atoms with van der Waals surface area (Å²) in [4.78, 5) is 2.09. The Morgan fingerprint density at radius 1 is 0.722 bits per heavy atom. The fourth-order valence-corrected chi connectivity index (χ4v) is 7.66. The molecule has 0 saturated heterocycles. The number of hydrogen-bond acceptors (Lipinski definition) is 2. The molecular formula is C45H47F6N2O+. The van der Waals surface area contributed by atoms with E-state index in [1.165, 1.54) is 12.1 Å². The Bertz CT molecular complexity index is 2100. The molecular weight excluding hydrogens is 698 g/mol. The molecule has 2 aliphatic heterocycles. The van der Waals surface area contributed by atoms with Crippen LogP contribution in [0.1, 0.15) is 80.5 Å². The normalized spacial score (nSPS) is 17.2. The van der Waals surface area contributed by atoms with Crippen molar-refractivity contribution in [1.29, 1.82) is 0 Å². The molecule has 3 nitrogen and oxygen atoms in total. The van der Waals surface area contributed by atoms with E-state index >= 15 is 0 Å². The van der Waals surface area contributed by atoms with Crippen LogP contribution in [0, 0.1) is 6.92 Å². The lowest BCUT2D eigenvalue weighted by Gasteiger charge is -2.27. The standard InChI is InChI=1S/C45H47F6N2O/c1-29(2)54-35-19-15-32(16-20-35)24-26-53-39-22-18-34(45(49,50)51)28-37(39)43(6,7)41(53)10-8-9-40-42(4,5)36-27-33(44(46,47)48)17-21-38(36)52(40)25-23-31-13-11-30(3)12-14-31/h8-22,27-29H,23-26H2,1-7H3/q+1. The van der Waals surface area contributed by atoms with Gasteiger partial charge in [0, 0.05) is 47.5 Å². The maximum absolute atomic E-state index is 13.9. The number of nitrogens with zero attached hydrogens (tertiary/aromatic N) is 2. The van der Waals surface area contributed by atoms with Gasteiger partial charge in [0.05, 0.1) is 22.6 Å². The lowest BCUT2D eigenvalue weighted by Crippen LogP contribution is -2.29. The molecule has 0 atom stereocenters. The predicted octanol–water partition coefficient (Wildman–Crippen LogP) is 11.9. The highest BCUT2D eigenvalue weighted by molar-refractivity contribution is 6.03. The number of fused-ring (bicyclic) bond motifs is 2. The minimum Gasteiger partial charge on any atom is -0.491 e. The molecule has 0 saturated carbocycles. The van der Waals surface area contributed by atoms with Gasteiger partial charge >= 0.3 is 12.4 Å². The molecule has 54 heavy (non-hydrogen) atoms. The highest BCUT2D eigenvalue weighted by Gasteiger charge is 2.46. The average Bonchev–Trinajstić information content (AvgIpc) is 3.44. The van der Waals surface area contributed by atoms with Gasteiger partial charge in [0.1, 0.15) is 5.75 Å². The summed E-state index contributed by atoms with van der Waals surface area (Å²) in [6.45, 7) is 14.7. The van der Waals surface area contributed by atoms with Crippen molar-refractivity contribution in [2.75, 3.05) is 18.0 Å². The summed E-state index contributed by atoms with van der Waals surface area (Å²) in [7, 11) is 0. The van der Waals surface area contributed by atoms with Gasteiger partial charge in [-0.3, -0.25) is 0 Å². The van der Waals surface area contributed by atoms with Gasteiger partial charge < -0.3 is 9.64 Å². The van der Waals surface area contributed by atoms with E-state index in [1.807, 2.05) is 103 Å². The Balaban J connectivity index is 1.39. The van der Waals surface area contributed by atoms with Crippen molar-refractivity contribution < 1.29 is 35.7 Å². The third-order valence-corrected chi connectivity index (χ3v) is 10.6. The molecule has 0 unspecified atom stereocenters. The summed E-state index contributed by atoms with van der Waals surface area (Å²) in [5.41, 5.74) is 4.67. The Hall–Kier alpha value is -4.79. The van der Waals surface area contributed by atoms with Crippen LogP contribution < -0.4 is 9.64 Å². The van der Waals surface area contributed by atoms with Gasteiger partial charge in [-0.2, -0.15) is 30.9 Å². The van der Waals surface area contributed by atoms with Gasteiger partial charge in [-0.15, -0.1) is 0 Å². The Morgan fingerprint density at radius 3 is 1.91 bits per heavy atom. The van der Waals surface area contributed by atoms with E-state index in [0.29, 0.717) is 42.7 Å². The molecule has 6 rings (SSSR count). The summed E-state index contributed by atoms with van der Waals surface area (Å²) in [6, 6.07) is 24.0. The van der Waals surface area contributed by atoms with Crippen molar-refractivity contribution in [3.8, 4) is 5.75 Å². The van der Waals surface area contributed by atoms with Crippen LogP contribution in [-0.2, 0) is 36.0 Å². The summed E-state index contributed by atoms with van der Waals surface area (Å²) >= 11 is 0. The van der Waals surface area contributed by atoms with E-state index in [2.05, 4.69) is 21.6 Å². The van der Waals surface area contributed by atoms with Crippen LogP contribution in [0.4, 0.5) is 37.7 Å². The number of anilines is 1. The topological polar surface area (TPSA) is 15.5 Å². The summed E-state index contributed by atoms with van der Waals surface area (Å²) in [5, 5.41) is 0. The molecule has 0 bridgehead atoms. The van der Waals surface area contributed by atoms with Crippen LogP contribution in [0.15, 0.2) is 109 Å². The van der Waals surface area contributed by atoms with E-state index in [4.69, 9.17) is 4.74 Å². The number of ether oxygens (including phenoxy) is 1. The molecule has 0 radical (unpaired) electrons. The average molecular weight is 746 g/mol. The number of rotatable bonds is 10. The molecule has 0 spiro atoms. The van der Waals surface area contributed by atoms with Crippen LogP contribution in [-0.4, -0.2) is 29.5 Å². The van der Waals surface area contributed by atoms with Crippen LogP contribution in [0.5, 0.6) is 5.75 Å². The smallest absolute Gasteiger partial charge is 0.416 e. The molecule has 0 aromatic heterocycles. The Morgan fingerprint density at radius 2 is 1.30 bits per heavy atom. The summed E-state index contributed by atoms with van der Waals surface area (Å²) in [6.07, 6.45) is -1.84. The third kappa shape index (κ3) is 7.87. The third-order valence-electron chi connectivity index (χ3n) is 10.6. The second kappa shape index (κ2) is 14.5. The van der Waals surface area contributed by atoms with Crippen LogP contribution in [0.2, 0.25) is 0 Å². The van der Waals surface area contributed by atoms with E-state index in [-0.39, 0.29) is 6.10 Å². The molecule has 2 aliphatic rings. The van der Waals surface area contributed by atoms with Gasteiger partial charge in [-0.25, -0.2) is 0 Å². The lowest BCUT2D eigenvalue weighted by atomic mass is 9.80. The predicted molar refractivity (Wildman–Crippen MR) is 204 cm³/mol. The zero-order chi connectivity index (χ0) is 39.2. The Labute approximate surface area is 314 Å². The largest absolute Gasteiger partial charge is 0.491 e. The van der Waals surface area contributed by atoms with E-state index in [9.17, 15) is 26.3 Å². The first-order chi connectivity index (χ1) is 25.3. The number of halogens is 6. The first-order valence-corrected chi connectivity index (χ1v) is 18.3. The zero-order valence-electron chi connectivity index (χ0n) is 31.8. The summed E-state index contributed by atoms with van der Waals surface area (Å²) in [5.74, 6) is 0.767. The van der Waals surface area contributed by atoms with E-state index in [1.54, 1.807) is 12.1 Å². The molecule has 0 amide bonds. The SMILES string of the molecule is Cc1ccc(CC[N+]2=C(/C=C/C=C3/N(CCc4ccc(OC(C)C)cc4)c4ccc(C(F)(F)F)cc4C3(C)C)C(C)(C)c3cc(C(F)(F)F)ccc32)cc1. The van der Waals surface area contributed by atoms with Crippen molar-refractivity contribution in [2.45, 2.75) is 90.6 Å². The lowest BCUT2D eigenvalue weighted by molar-refractivity contribution is -0.436. The first kappa shape index (κ1) is 38.9. The fourth-order valence-electron chi connectivity index (χ4n) is 7.66. The van der Waals surface area contributed by atoms with Gasteiger partial charge in [-0.05, 0) is 106 Å². The second-order valence-corrected chi connectivity index (χ2v) is 15.6. The zero-order valence-corrected chi connectivity index (χ0v) is 31.8. The second-order valence-electron chi connectivity index (χ2n) is 15.6. The van der Waals surface area contributed by atoms with E-state index in [0.717, 1.165) is 51.7 Å². The molecule has 0 fully saturated rings. The maximum Gasteiger partial charge on any atom is 0.416 e. The molecule has 4 aromatic rings. The quantitative estimate of drug-likeness (QED) is 0.119. The molecule has 0 N–H and O–H groups in total. The van der Waals surface area contributed by atoms with Crippen LogP contribution >= 0.6 is 0 Å². The van der Waals surface area contributed by atoms with Crippen molar-refractivity contribution in [3.63, 3.8) is 0 Å². The van der Waals surface area contributed by atoms with Gasteiger partial charge in [-0.1, -0.05) is 61.9 Å². The fraction of sp³-hybridized carbons (Fsp3) is 0.356. The molecule has 2 heterocycles. The number of alkyl halides is 6. The monoisotopic (exact) mass is 745 g/mol. The van der Waals surface area contributed by atoms with Gasteiger partial charge in [0.25, 0.3) is 0 Å². The molecule has 9 heteroatoms. The van der Waals surface area contributed by atoms with Gasteiger partial charge in [0.2, 0.25) is 5.69 Å².